The van der Waals surface area contributed by atoms with Crippen LogP contribution in [0.25, 0.3) is 0 Å². The molecule has 1 aliphatic heterocycles. The normalized spacial score (nSPS) is 18.8. The van der Waals surface area contributed by atoms with Gasteiger partial charge in [-0.05, 0) is 12.8 Å². The summed E-state index contributed by atoms with van der Waals surface area (Å²) in [4.78, 5) is 22.3. The van der Waals surface area contributed by atoms with Crippen molar-refractivity contribution in [2.75, 3.05) is 13.1 Å². The van der Waals surface area contributed by atoms with Crippen LogP contribution in [0.5, 0.6) is 0 Å². The molecule has 0 aromatic carbocycles. The van der Waals surface area contributed by atoms with E-state index in [1.165, 1.54) is 0 Å². The molecule has 0 radical (unpaired) electrons. The number of nitrogens with two attached hydrogens (primary N) is 1. The standard InChI is InChI=1S/C9H11F5N2O2/c10-8(11,9(12,13)14)7(18)16-3-1-5(2-4-16)6(15)17/h5H,1-4H2,(H2,15,17). The lowest BCUT2D eigenvalue weighted by molar-refractivity contribution is -0.274. The summed E-state index contributed by atoms with van der Waals surface area (Å²) in [5, 5.41) is 0. The van der Waals surface area contributed by atoms with Crippen LogP contribution in [-0.2, 0) is 9.59 Å². The molecule has 0 atom stereocenters. The van der Waals surface area contributed by atoms with Crippen LogP contribution >= 0.6 is 0 Å². The van der Waals surface area contributed by atoms with Gasteiger partial charge in [0.25, 0.3) is 0 Å². The fourth-order valence-electron chi connectivity index (χ4n) is 1.69. The summed E-state index contributed by atoms with van der Waals surface area (Å²) >= 11 is 0. The number of carbonyl (C=O) groups is 2. The van der Waals surface area contributed by atoms with Gasteiger partial charge in [-0.2, -0.15) is 22.0 Å². The predicted molar refractivity (Wildman–Crippen MR) is 49.5 cm³/mol. The Morgan fingerprint density at radius 2 is 1.50 bits per heavy atom. The highest BCUT2D eigenvalue weighted by atomic mass is 19.4. The van der Waals surface area contributed by atoms with Gasteiger partial charge in [0.2, 0.25) is 5.91 Å². The van der Waals surface area contributed by atoms with E-state index in [-0.39, 0.29) is 25.9 Å². The first-order valence-electron chi connectivity index (χ1n) is 5.10. The van der Waals surface area contributed by atoms with Gasteiger partial charge in [0.05, 0.1) is 0 Å². The van der Waals surface area contributed by atoms with Gasteiger partial charge in [-0.1, -0.05) is 0 Å². The van der Waals surface area contributed by atoms with Crippen molar-refractivity contribution in [1.82, 2.24) is 4.90 Å². The monoisotopic (exact) mass is 274 g/mol. The molecule has 9 heteroatoms. The van der Waals surface area contributed by atoms with E-state index in [9.17, 15) is 31.5 Å². The van der Waals surface area contributed by atoms with Crippen LogP contribution in [0.2, 0.25) is 0 Å². The Labute approximate surface area is 98.9 Å². The van der Waals surface area contributed by atoms with Gasteiger partial charge < -0.3 is 10.6 Å². The number of amides is 2. The summed E-state index contributed by atoms with van der Waals surface area (Å²) in [6.07, 6.45) is -5.92. The second kappa shape index (κ2) is 4.69. The predicted octanol–water partition coefficient (Wildman–Crippen LogP) is 0.908. The topological polar surface area (TPSA) is 63.4 Å². The van der Waals surface area contributed by atoms with E-state index >= 15 is 0 Å². The van der Waals surface area contributed by atoms with Crippen molar-refractivity contribution >= 4 is 11.8 Å². The van der Waals surface area contributed by atoms with Crippen molar-refractivity contribution in [3.8, 4) is 0 Å². The Balaban J connectivity index is 2.69. The Bertz CT molecular complexity index is 347. The van der Waals surface area contributed by atoms with Gasteiger partial charge in [-0.3, -0.25) is 9.59 Å². The molecule has 0 bridgehead atoms. The van der Waals surface area contributed by atoms with Crippen molar-refractivity contribution in [3.05, 3.63) is 0 Å². The first-order valence-corrected chi connectivity index (χ1v) is 5.10. The molecule has 1 saturated heterocycles. The minimum atomic E-state index is -5.91. The summed E-state index contributed by atoms with van der Waals surface area (Å²) in [7, 11) is 0. The lowest BCUT2D eigenvalue weighted by Crippen LogP contribution is -2.54. The van der Waals surface area contributed by atoms with Crippen molar-refractivity contribution in [2.24, 2.45) is 11.7 Å². The number of halogens is 5. The number of nitrogens with zero attached hydrogens (tertiary/aromatic N) is 1. The molecule has 18 heavy (non-hydrogen) atoms. The number of hydrogen-bond acceptors (Lipinski definition) is 2. The van der Waals surface area contributed by atoms with E-state index in [2.05, 4.69) is 0 Å². The fourth-order valence-corrected chi connectivity index (χ4v) is 1.69. The zero-order chi connectivity index (χ0) is 14.1. The van der Waals surface area contributed by atoms with Gasteiger partial charge in [-0.15, -0.1) is 0 Å². The molecule has 1 fully saturated rings. The van der Waals surface area contributed by atoms with E-state index in [4.69, 9.17) is 5.73 Å². The van der Waals surface area contributed by atoms with Gasteiger partial charge in [0.1, 0.15) is 0 Å². The quantitative estimate of drug-likeness (QED) is 0.761. The zero-order valence-corrected chi connectivity index (χ0v) is 9.14. The van der Waals surface area contributed by atoms with E-state index in [0.29, 0.717) is 4.90 Å². The molecule has 0 aromatic rings. The Hall–Kier alpha value is -1.41. The second-order valence-electron chi connectivity index (χ2n) is 4.04. The maximum atomic E-state index is 12.8. The Kier molecular flexibility index (Phi) is 3.82. The van der Waals surface area contributed by atoms with E-state index in [1.54, 1.807) is 0 Å². The lowest BCUT2D eigenvalue weighted by Gasteiger charge is -2.33. The summed E-state index contributed by atoms with van der Waals surface area (Å²) in [5.74, 6) is -8.91. The molecule has 1 rings (SSSR count). The smallest absolute Gasteiger partial charge is 0.369 e. The minimum absolute atomic E-state index is 0.00495. The molecule has 2 amide bonds. The van der Waals surface area contributed by atoms with Gasteiger partial charge in [-0.25, -0.2) is 0 Å². The molecular weight excluding hydrogens is 263 g/mol. The Morgan fingerprint density at radius 1 is 1.06 bits per heavy atom. The maximum absolute atomic E-state index is 12.8. The first-order chi connectivity index (χ1) is 8.07. The Morgan fingerprint density at radius 3 is 1.83 bits per heavy atom. The van der Waals surface area contributed by atoms with E-state index in [0.717, 1.165) is 0 Å². The molecule has 0 saturated carbocycles. The van der Waals surface area contributed by atoms with Crippen LogP contribution in [0, 0.1) is 5.92 Å². The maximum Gasteiger partial charge on any atom is 0.463 e. The SMILES string of the molecule is NC(=O)C1CCN(C(=O)C(F)(F)C(F)(F)F)CC1. The molecule has 1 heterocycles. The second-order valence-corrected chi connectivity index (χ2v) is 4.04. The molecular formula is C9H11F5N2O2. The number of likely N-dealkylation sites (tertiary alicyclic amines) is 1. The third-order valence-corrected chi connectivity index (χ3v) is 2.81. The molecule has 0 aromatic heterocycles. The molecule has 1 aliphatic rings. The largest absolute Gasteiger partial charge is 0.463 e. The molecule has 0 spiro atoms. The summed E-state index contributed by atoms with van der Waals surface area (Å²) in [5.41, 5.74) is 4.97. The van der Waals surface area contributed by atoms with Crippen LogP contribution in [-0.4, -0.2) is 41.9 Å². The highest BCUT2D eigenvalue weighted by Gasteiger charge is 2.64. The van der Waals surface area contributed by atoms with Crippen LogP contribution in [0.15, 0.2) is 0 Å². The van der Waals surface area contributed by atoms with E-state index < -0.39 is 29.8 Å². The molecule has 4 nitrogen and oxygen atoms in total. The summed E-state index contributed by atoms with van der Waals surface area (Å²) in [6, 6.07) is 0. The number of primary amides is 1. The van der Waals surface area contributed by atoms with Gasteiger partial charge in [0.15, 0.2) is 0 Å². The minimum Gasteiger partial charge on any atom is -0.369 e. The summed E-state index contributed by atoms with van der Waals surface area (Å²) in [6.45, 7) is -0.670. The van der Waals surface area contributed by atoms with Crippen molar-refractivity contribution < 1.29 is 31.5 Å². The van der Waals surface area contributed by atoms with Crippen LogP contribution in [0.3, 0.4) is 0 Å². The highest BCUT2D eigenvalue weighted by molar-refractivity contribution is 5.85. The van der Waals surface area contributed by atoms with Crippen molar-refractivity contribution in [2.45, 2.75) is 24.9 Å². The van der Waals surface area contributed by atoms with Crippen LogP contribution < -0.4 is 5.73 Å². The van der Waals surface area contributed by atoms with E-state index in [1.807, 2.05) is 0 Å². The number of piperidine rings is 1. The molecule has 104 valence electrons. The van der Waals surface area contributed by atoms with Crippen LogP contribution in [0.1, 0.15) is 12.8 Å². The number of hydrogen-bond donors (Lipinski definition) is 1. The first kappa shape index (κ1) is 14.7. The molecule has 2 N–H and O–H groups in total. The average molecular weight is 274 g/mol. The molecule has 0 aliphatic carbocycles. The average Bonchev–Trinajstić information content (AvgIpc) is 2.26. The fraction of sp³-hybridized carbons (Fsp3) is 0.778. The number of rotatable bonds is 2. The lowest BCUT2D eigenvalue weighted by atomic mass is 9.96. The third-order valence-electron chi connectivity index (χ3n) is 2.81. The van der Waals surface area contributed by atoms with Gasteiger partial charge in [0, 0.05) is 19.0 Å². The number of alkyl halides is 5. The third kappa shape index (κ3) is 2.70. The highest BCUT2D eigenvalue weighted by Crippen LogP contribution is 2.37. The molecule has 0 unspecified atom stereocenters. The van der Waals surface area contributed by atoms with Crippen molar-refractivity contribution in [3.63, 3.8) is 0 Å². The van der Waals surface area contributed by atoms with Crippen molar-refractivity contribution in [1.29, 1.82) is 0 Å². The summed E-state index contributed by atoms with van der Waals surface area (Å²) < 4.78 is 61.4. The van der Waals surface area contributed by atoms with Gasteiger partial charge >= 0.3 is 18.0 Å². The zero-order valence-electron chi connectivity index (χ0n) is 9.14. The number of carbonyl (C=O) groups excluding carboxylic acids is 2. The van der Waals surface area contributed by atoms with Crippen LogP contribution in [0.4, 0.5) is 22.0 Å².